The third-order valence-corrected chi connectivity index (χ3v) is 2.56. The van der Waals surface area contributed by atoms with Gasteiger partial charge in [0.05, 0.1) is 6.42 Å². The summed E-state index contributed by atoms with van der Waals surface area (Å²) in [6, 6.07) is 0. The van der Waals surface area contributed by atoms with Crippen molar-refractivity contribution in [1.82, 2.24) is 5.32 Å². The molecular weight excluding hydrogens is 186 g/mol. The molecule has 0 amide bonds. The van der Waals surface area contributed by atoms with Gasteiger partial charge in [-0.05, 0) is 32.9 Å². The van der Waals surface area contributed by atoms with Crippen molar-refractivity contribution in [2.75, 3.05) is 18.8 Å². The van der Waals surface area contributed by atoms with E-state index in [4.69, 9.17) is 4.74 Å². The van der Waals surface area contributed by atoms with Crippen molar-refractivity contribution in [2.24, 2.45) is 0 Å². The van der Waals surface area contributed by atoms with E-state index in [2.05, 4.69) is 17.9 Å². The minimum Gasteiger partial charge on any atom is -0.459 e. The molecule has 4 heteroatoms. The van der Waals surface area contributed by atoms with Gasteiger partial charge in [-0.15, -0.1) is 0 Å². The van der Waals surface area contributed by atoms with Crippen LogP contribution in [0.15, 0.2) is 0 Å². The Hall–Kier alpha value is -0.220. The van der Waals surface area contributed by atoms with Gasteiger partial charge in [0, 0.05) is 5.75 Å². The maximum Gasteiger partial charge on any atom is 0.307 e. The largest absolute Gasteiger partial charge is 0.459 e. The molecule has 3 nitrogen and oxygen atoms in total. The van der Waals surface area contributed by atoms with Crippen molar-refractivity contribution in [1.29, 1.82) is 0 Å². The Morgan fingerprint density at radius 3 is 2.69 bits per heavy atom. The van der Waals surface area contributed by atoms with E-state index in [1.165, 1.54) is 0 Å². The quantitative estimate of drug-likeness (QED) is 0.531. The highest BCUT2D eigenvalue weighted by Crippen LogP contribution is 2.22. The van der Waals surface area contributed by atoms with E-state index in [9.17, 15) is 4.79 Å². The average Bonchev–Trinajstić information content (AvgIpc) is 2.04. The number of piperidine rings is 1. The number of thiol groups is 1. The van der Waals surface area contributed by atoms with Crippen molar-refractivity contribution < 1.29 is 9.53 Å². The fourth-order valence-corrected chi connectivity index (χ4v) is 1.66. The van der Waals surface area contributed by atoms with Gasteiger partial charge in [0.15, 0.2) is 0 Å². The summed E-state index contributed by atoms with van der Waals surface area (Å²) in [6.45, 7) is 3.87. The molecule has 1 N–H and O–H groups in total. The molecule has 0 aromatic rings. The SMILES string of the molecule is CC1(OC(=O)CCS)CCNCC1. The van der Waals surface area contributed by atoms with Gasteiger partial charge < -0.3 is 10.1 Å². The lowest BCUT2D eigenvalue weighted by atomic mass is 9.94. The molecule has 0 unspecified atom stereocenters. The predicted molar refractivity (Wildman–Crippen MR) is 55.1 cm³/mol. The van der Waals surface area contributed by atoms with Gasteiger partial charge in [0.2, 0.25) is 0 Å². The second kappa shape index (κ2) is 4.86. The summed E-state index contributed by atoms with van der Waals surface area (Å²) >= 11 is 3.99. The molecule has 0 atom stereocenters. The number of esters is 1. The number of ether oxygens (including phenoxy) is 1. The van der Waals surface area contributed by atoms with Crippen LogP contribution in [0.1, 0.15) is 26.2 Å². The van der Waals surface area contributed by atoms with Crippen LogP contribution in [-0.4, -0.2) is 30.4 Å². The standard InChI is InChI=1S/C9H17NO2S/c1-9(3-5-10-6-4-9)12-8(11)2-7-13/h10,13H,2-7H2,1H3. The van der Waals surface area contributed by atoms with E-state index in [1.54, 1.807) is 0 Å². The van der Waals surface area contributed by atoms with E-state index in [1.807, 2.05) is 6.92 Å². The van der Waals surface area contributed by atoms with Crippen LogP contribution < -0.4 is 5.32 Å². The molecule has 1 aliphatic heterocycles. The normalized spacial score (nSPS) is 21.1. The van der Waals surface area contributed by atoms with Gasteiger partial charge in [-0.25, -0.2) is 0 Å². The van der Waals surface area contributed by atoms with Crippen LogP contribution in [0.25, 0.3) is 0 Å². The Bertz CT molecular complexity index is 178. The zero-order chi connectivity index (χ0) is 9.73. The van der Waals surface area contributed by atoms with Crippen LogP contribution >= 0.6 is 12.6 Å². The monoisotopic (exact) mass is 203 g/mol. The summed E-state index contributed by atoms with van der Waals surface area (Å²) in [5, 5.41) is 3.24. The zero-order valence-electron chi connectivity index (χ0n) is 8.01. The second-order valence-electron chi connectivity index (χ2n) is 3.65. The Kier molecular flexibility index (Phi) is 4.06. The lowest BCUT2D eigenvalue weighted by molar-refractivity contribution is -0.159. The summed E-state index contributed by atoms with van der Waals surface area (Å²) in [6.07, 6.45) is 2.22. The van der Waals surface area contributed by atoms with Gasteiger partial charge in [-0.3, -0.25) is 4.79 Å². The van der Waals surface area contributed by atoms with Gasteiger partial charge in [0.25, 0.3) is 0 Å². The minimum absolute atomic E-state index is 0.126. The van der Waals surface area contributed by atoms with E-state index in [0.29, 0.717) is 12.2 Å². The molecule has 0 aromatic carbocycles. The number of carbonyl (C=O) groups excluding carboxylic acids is 1. The van der Waals surface area contributed by atoms with Crippen LogP contribution in [0.3, 0.4) is 0 Å². The van der Waals surface area contributed by atoms with Crippen molar-refractivity contribution in [3.63, 3.8) is 0 Å². The van der Waals surface area contributed by atoms with Crippen molar-refractivity contribution in [3.05, 3.63) is 0 Å². The highest BCUT2D eigenvalue weighted by molar-refractivity contribution is 7.80. The highest BCUT2D eigenvalue weighted by Gasteiger charge is 2.30. The topological polar surface area (TPSA) is 38.3 Å². The number of nitrogens with one attached hydrogen (secondary N) is 1. The molecule has 1 fully saturated rings. The highest BCUT2D eigenvalue weighted by atomic mass is 32.1. The lowest BCUT2D eigenvalue weighted by Gasteiger charge is -2.33. The van der Waals surface area contributed by atoms with Crippen LogP contribution in [0.2, 0.25) is 0 Å². The Morgan fingerprint density at radius 2 is 2.15 bits per heavy atom. The molecular formula is C9H17NO2S. The summed E-state index contributed by atoms with van der Waals surface area (Å²) < 4.78 is 5.39. The average molecular weight is 203 g/mol. The van der Waals surface area contributed by atoms with Crippen LogP contribution in [0, 0.1) is 0 Å². The van der Waals surface area contributed by atoms with Crippen molar-refractivity contribution in [3.8, 4) is 0 Å². The molecule has 0 bridgehead atoms. The number of carbonyl (C=O) groups is 1. The third-order valence-electron chi connectivity index (χ3n) is 2.34. The molecule has 0 spiro atoms. The third kappa shape index (κ3) is 3.56. The first-order valence-electron chi connectivity index (χ1n) is 4.70. The van der Waals surface area contributed by atoms with Gasteiger partial charge in [-0.2, -0.15) is 12.6 Å². The molecule has 1 rings (SSSR count). The summed E-state index contributed by atoms with van der Waals surface area (Å²) in [5.74, 6) is 0.437. The maximum atomic E-state index is 11.2. The number of hydrogen-bond donors (Lipinski definition) is 2. The first-order chi connectivity index (χ1) is 6.16. The van der Waals surface area contributed by atoms with E-state index < -0.39 is 0 Å². The molecule has 0 aromatic heterocycles. The molecule has 0 saturated carbocycles. The molecule has 13 heavy (non-hydrogen) atoms. The first kappa shape index (κ1) is 10.9. The van der Waals surface area contributed by atoms with Gasteiger partial charge in [0.1, 0.15) is 5.60 Å². The van der Waals surface area contributed by atoms with Crippen LogP contribution in [0.5, 0.6) is 0 Å². The minimum atomic E-state index is -0.245. The molecule has 1 heterocycles. The molecule has 0 aliphatic carbocycles. The van der Waals surface area contributed by atoms with Crippen molar-refractivity contribution in [2.45, 2.75) is 31.8 Å². The smallest absolute Gasteiger partial charge is 0.307 e. The first-order valence-corrected chi connectivity index (χ1v) is 5.33. The van der Waals surface area contributed by atoms with E-state index in [-0.39, 0.29) is 11.6 Å². The summed E-state index contributed by atoms with van der Waals surface area (Å²) in [7, 11) is 0. The van der Waals surface area contributed by atoms with Crippen molar-refractivity contribution >= 4 is 18.6 Å². The van der Waals surface area contributed by atoms with Crippen LogP contribution in [-0.2, 0) is 9.53 Å². The fourth-order valence-electron chi connectivity index (χ4n) is 1.47. The van der Waals surface area contributed by atoms with E-state index in [0.717, 1.165) is 25.9 Å². The molecule has 0 radical (unpaired) electrons. The molecule has 1 saturated heterocycles. The summed E-state index contributed by atoms with van der Waals surface area (Å²) in [4.78, 5) is 11.2. The zero-order valence-corrected chi connectivity index (χ0v) is 8.90. The predicted octanol–water partition coefficient (Wildman–Crippen LogP) is 0.992. The Labute approximate surface area is 84.6 Å². The van der Waals surface area contributed by atoms with Gasteiger partial charge in [-0.1, -0.05) is 0 Å². The molecule has 76 valence electrons. The van der Waals surface area contributed by atoms with Gasteiger partial charge >= 0.3 is 5.97 Å². The number of rotatable bonds is 3. The fraction of sp³-hybridized carbons (Fsp3) is 0.889. The number of hydrogen-bond acceptors (Lipinski definition) is 4. The van der Waals surface area contributed by atoms with Crippen LogP contribution in [0.4, 0.5) is 0 Å². The lowest BCUT2D eigenvalue weighted by Crippen LogP contribution is -2.42. The molecule has 1 aliphatic rings. The van der Waals surface area contributed by atoms with E-state index >= 15 is 0 Å². The Morgan fingerprint density at radius 1 is 1.54 bits per heavy atom. The second-order valence-corrected chi connectivity index (χ2v) is 4.09. The Balaban J connectivity index is 2.36. The summed E-state index contributed by atoms with van der Waals surface area (Å²) in [5.41, 5.74) is -0.245. The maximum absolute atomic E-state index is 11.2.